The van der Waals surface area contributed by atoms with Crippen molar-refractivity contribution in [2.45, 2.75) is 57.7 Å². The van der Waals surface area contributed by atoms with Gasteiger partial charge < -0.3 is 15.4 Å². The first-order valence-corrected chi connectivity index (χ1v) is 10.3. The predicted molar refractivity (Wildman–Crippen MR) is 114 cm³/mol. The predicted octanol–water partition coefficient (Wildman–Crippen LogP) is 4.89. The highest BCUT2D eigenvalue weighted by atomic mass is 35.5. The van der Waals surface area contributed by atoms with E-state index in [0.717, 1.165) is 11.1 Å². The van der Waals surface area contributed by atoms with Crippen LogP contribution >= 0.6 is 11.6 Å². The first-order chi connectivity index (χ1) is 14.0. The first-order valence-electron chi connectivity index (χ1n) is 9.88. The van der Waals surface area contributed by atoms with E-state index < -0.39 is 29.5 Å². The number of ether oxygens (including phenoxy) is 1. The van der Waals surface area contributed by atoms with Crippen molar-refractivity contribution in [2.75, 3.05) is 0 Å². The Morgan fingerprint density at radius 1 is 1.17 bits per heavy atom. The third-order valence-electron chi connectivity index (χ3n) is 5.05. The number of carbonyl (C=O) groups excluding carboxylic acids is 2. The number of amides is 2. The summed E-state index contributed by atoms with van der Waals surface area (Å²) in [5.74, 6) is -1.29. The molecular formula is C23H26ClFN2O3. The molecule has 0 saturated carbocycles. The van der Waals surface area contributed by atoms with Crippen LogP contribution in [0.25, 0.3) is 0 Å². The number of alkyl carbamates (subject to hydrolysis) is 1. The van der Waals surface area contributed by atoms with E-state index in [1.165, 1.54) is 18.2 Å². The van der Waals surface area contributed by atoms with Crippen LogP contribution in [-0.4, -0.2) is 23.6 Å². The summed E-state index contributed by atoms with van der Waals surface area (Å²) in [4.78, 5) is 25.3. The standard InChI is InChI=1S/C23H26ClFN2O3/c1-13(16-10-9-15(25)12-18(16)24)21(28)26-19-11-14-7-5-6-8-17(14)20(19)27-22(29)30-23(2,3)4/h5-10,12-13,19-20H,11H2,1-4H3,(H,26,28)(H,27,29)/t13?,19-,20?/m0/s1. The van der Waals surface area contributed by atoms with Gasteiger partial charge in [0.05, 0.1) is 18.0 Å². The second-order valence-corrected chi connectivity index (χ2v) is 8.94. The van der Waals surface area contributed by atoms with E-state index in [1.54, 1.807) is 27.7 Å². The molecule has 0 heterocycles. The van der Waals surface area contributed by atoms with Crippen LogP contribution in [0, 0.1) is 5.82 Å². The quantitative estimate of drug-likeness (QED) is 0.722. The van der Waals surface area contributed by atoms with Gasteiger partial charge in [-0.2, -0.15) is 0 Å². The molecule has 160 valence electrons. The third-order valence-corrected chi connectivity index (χ3v) is 5.38. The molecule has 0 saturated heterocycles. The highest BCUT2D eigenvalue weighted by Gasteiger charge is 2.36. The highest BCUT2D eigenvalue weighted by molar-refractivity contribution is 6.31. The van der Waals surface area contributed by atoms with Gasteiger partial charge in [0.15, 0.2) is 0 Å². The fraction of sp³-hybridized carbons (Fsp3) is 0.391. The van der Waals surface area contributed by atoms with Crippen molar-refractivity contribution in [3.63, 3.8) is 0 Å². The molecule has 0 bridgehead atoms. The summed E-state index contributed by atoms with van der Waals surface area (Å²) in [5.41, 5.74) is 1.91. The highest BCUT2D eigenvalue weighted by Crippen LogP contribution is 2.33. The normalized spacial score (nSPS) is 19.0. The molecule has 3 atom stereocenters. The Bertz CT molecular complexity index is 958. The van der Waals surface area contributed by atoms with Gasteiger partial charge in [0, 0.05) is 5.02 Å². The monoisotopic (exact) mass is 432 g/mol. The number of fused-ring (bicyclic) bond motifs is 1. The van der Waals surface area contributed by atoms with E-state index in [2.05, 4.69) is 10.6 Å². The van der Waals surface area contributed by atoms with Crippen LogP contribution in [0.4, 0.5) is 9.18 Å². The van der Waals surface area contributed by atoms with Gasteiger partial charge in [0.25, 0.3) is 0 Å². The molecule has 0 aromatic heterocycles. The van der Waals surface area contributed by atoms with Crippen LogP contribution in [0.3, 0.4) is 0 Å². The lowest BCUT2D eigenvalue weighted by Gasteiger charge is -2.27. The molecule has 30 heavy (non-hydrogen) atoms. The minimum absolute atomic E-state index is 0.204. The Hall–Kier alpha value is -2.60. The minimum atomic E-state index is -0.630. The van der Waals surface area contributed by atoms with Crippen molar-refractivity contribution >= 4 is 23.6 Å². The van der Waals surface area contributed by atoms with Crippen molar-refractivity contribution in [2.24, 2.45) is 0 Å². The smallest absolute Gasteiger partial charge is 0.408 e. The summed E-state index contributed by atoms with van der Waals surface area (Å²) in [7, 11) is 0. The maximum absolute atomic E-state index is 13.3. The molecule has 0 radical (unpaired) electrons. The lowest BCUT2D eigenvalue weighted by atomic mass is 9.99. The molecule has 1 aliphatic carbocycles. The van der Waals surface area contributed by atoms with Gasteiger partial charge in [-0.1, -0.05) is 41.9 Å². The van der Waals surface area contributed by atoms with Crippen LogP contribution in [0.2, 0.25) is 5.02 Å². The maximum Gasteiger partial charge on any atom is 0.408 e. The second kappa shape index (κ2) is 8.64. The molecule has 7 heteroatoms. The summed E-state index contributed by atoms with van der Waals surface area (Å²) in [6.45, 7) is 7.10. The van der Waals surface area contributed by atoms with E-state index >= 15 is 0 Å². The molecule has 2 amide bonds. The number of hydrogen-bond donors (Lipinski definition) is 2. The van der Waals surface area contributed by atoms with E-state index in [1.807, 2.05) is 24.3 Å². The zero-order valence-corrected chi connectivity index (χ0v) is 18.2. The van der Waals surface area contributed by atoms with Crippen LogP contribution < -0.4 is 10.6 Å². The number of rotatable bonds is 4. The average molecular weight is 433 g/mol. The van der Waals surface area contributed by atoms with E-state index in [0.29, 0.717) is 12.0 Å². The molecule has 0 spiro atoms. The van der Waals surface area contributed by atoms with Gasteiger partial charge >= 0.3 is 6.09 Å². The molecule has 0 aliphatic heterocycles. The van der Waals surface area contributed by atoms with Crippen LogP contribution in [0.1, 0.15) is 56.3 Å². The first kappa shape index (κ1) is 22.1. The van der Waals surface area contributed by atoms with Gasteiger partial charge in [0.2, 0.25) is 5.91 Å². The van der Waals surface area contributed by atoms with Crippen LogP contribution in [-0.2, 0) is 16.0 Å². The van der Waals surface area contributed by atoms with Crippen molar-refractivity contribution < 1.29 is 18.7 Å². The number of nitrogens with one attached hydrogen (secondary N) is 2. The van der Waals surface area contributed by atoms with Crippen molar-refractivity contribution in [3.8, 4) is 0 Å². The van der Waals surface area contributed by atoms with Gasteiger partial charge in [0.1, 0.15) is 11.4 Å². The minimum Gasteiger partial charge on any atom is -0.444 e. The molecule has 2 aromatic carbocycles. The lowest BCUT2D eigenvalue weighted by Crippen LogP contribution is -2.46. The Balaban J connectivity index is 1.77. The van der Waals surface area contributed by atoms with Crippen LogP contribution in [0.5, 0.6) is 0 Å². The fourth-order valence-electron chi connectivity index (χ4n) is 3.64. The topological polar surface area (TPSA) is 67.4 Å². The summed E-state index contributed by atoms with van der Waals surface area (Å²) in [6.07, 6.45) is 0.0322. The zero-order valence-electron chi connectivity index (χ0n) is 17.5. The summed E-state index contributed by atoms with van der Waals surface area (Å²) in [5, 5.41) is 6.12. The fourth-order valence-corrected chi connectivity index (χ4v) is 3.97. The second-order valence-electron chi connectivity index (χ2n) is 8.53. The Kier molecular flexibility index (Phi) is 6.36. The molecule has 2 aromatic rings. The third kappa shape index (κ3) is 5.11. The number of benzene rings is 2. The van der Waals surface area contributed by atoms with Crippen molar-refractivity contribution in [3.05, 3.63) is 70.0 Å². The molecule has 2 N–H and O–H groups in total. The van der Waals surface area contributed by atoms with Gasteiger partial charge in [-0.15, -0.1) is 0 Å². The summed E-state index contributed by atoms with van der Waals surface area (Å²) < 4.78 is 18.7. The molecule has 2 unspecified atom stereocenters. The van der Waals surface area contributed by atoms with Crippen LogP contribution in [0.15, 0.2) is 42.5 Å². The largest absolute Gasteiger partial charge is 0.444 e. The molecule has 0 fully saturated rings. The van der Waals surface area contributed by atoms with Crippen molar-refractivity contribution in [1.29, 1.82) is 0 Å². The number of carbonyl (C=O) groups is 2. The molecule has 5 nitrogen and oxygen atoms in total. The Morgan fingerprint density at radius 3 is 2.53 bits per heavy atom. The summed E-state index contributed by atoms with van der Waals surface area (Å²) >= 11 is 6.12. The molecule has 1 aliphatic rings. The number of halogens is 2. The van der Waals surface area contributed by atoms with E-state index in [4.69, 9.17) is 16.3 Å². The Morgan fingerprint density at radius 2 is 1.87 bits per heavy atom. The number of hydrogen-bond acceptors (Lipinski definition) is 3. The molecule has 3 rings (SSSR count). The van der Waals surface area contributed by atoms with Gasteiger partial charge in [-0.25, -0.2) is 9.18 Å². The van der Waals surface area contributed by atoms with E-state index in [-0.39, 0.29) is 17.0 Å². The van der Waals surface area contributed by atoms with E-state index in [9.17, 15) is 14.0 Å². The van der Waals surface area contributed by atoms with Gasteiger partial charge in [-0.3, -0.25) is 4.79 Å². The SMILES string of the molecule is CC(C(=O)N[C@H]1Cc2ccccc2C1NC(=O)OC(C)(C)C)c1ccc(F)cc1Cl. The van der Waals surface area contributed by atoms with Gasteiger partial charge in [-0.05, 0) is 62.9 Å². The maximum atomic E-state index is 13.3. The Labute approximate surface area is 181 Å². The molecular weight excluding hydrogens is 407 g/mol. The zero-order chi connectivity index (χ0) is 22.1. The summed E-state index contributed by atoms with van der Waals surface area (Å²) in [6, 6.07) is 11.0. The lowest BCUT2D eigenvalue weighted by molar-refractivity contribution is -0.123. The van der Waals surface area contributed by atoms with Crippen molar-refractivity contribution in [1.82, 2.24) is 10.6 Å². The average Bonchev–Trinajstić information content (AvgIpc) is 2.97.